The molecule has 0 aliphatic carbocycles. The second-order valence-electron chi connectivity index (χ2n) is 3.74. The molecule has 0 radical (unpaired) electrons. The third-order valence-electron chi connectivity index (χ3n) is 2.52. The zero-order valence-electron chi connectivity index (χ0n) is 7.62. The second-order valence-corrected chi connectivity index (χ2v) is 3.74. The van der Waals surface area contributed by atoms with Crippen LogP contribution in [0.5, 0.6) is 0 Å². The van der Waals surface area contributed by atoms with Crippen LogP contribution in [0.1, 0.15) is 19.5 Å². The number of rotatable bonds is 1. The topological polar surface area (TPSA) is 29.9 Å². The van der Waals surface area contributed by atoms with E-state index < -0.39 is 0 Å². The van der Waals surface area contributed by atoms with Crippen LogP contribution in [0.15, 0.2) is 12.3 Å². The molecule has 0 saturated carbocycles. The fourth-order valence-electron chi connectivity index (χ4n) is 1.61. The lowest BCUT2D eigenvalue weighted by Gasteiger charge is -2.27. The Labute approximate surface area is 72.8 Å². The van der Waals surface area contributed by atoms with Gasteiger partial charge in [-0.3, -0.25) is 4.68 Å². The first kappa shape index (κ1) is 7.80. The van der Waals surface area contributed by atoms with Crippen LogP contribution in [0.25, 0.3) is 0 Å². The summed E-state index contributed by atoms with van der Waals surface area (Å²) in [4.78, 5) is 0. The quantitative estimate of drug-likeness (QED) is 0.673. The first-order valence-corrected chi connectivity index (χ1v) is 4.51. The predicted molar refractivity (Wildman–Crippen MR) is 47.7 cm³/mol. The zero-order valence-corrected chi connectivity index (χ0v) is 7.62. The molecular weight excluding hydrogens is 150 g/mol. The SMILES string of the molecule is CC(C)[C@@H]1Cn2nccc2CN1. The minimum absolute atomic E-state index is 0.581. The van der Waals surface area contributed by atoms with Crippen molar-refractivity contribution in [1.29, 1.82) is 0 Å². The molecular formula is C9H15N3. The number of nitrogens with one attached hydrogen (secondary N) is 1. The van der Waals surface area contributed by atoms with Crippen molar-refractivity contribution in [3.8, 4) is 0 Å². The van der Waals surface area contributed by atoms with Gasteiger partial charge in [0.05, 0.1) is 12.2 Å². The summed E-state index contributed by atoms with van der Waals surface area (Å²) >= 11 is 0. The van der Waals surface area contributed by atoms with Crippen molar-refractivity contribution in [2.45, 2.75) is 33.0 Å². The van der Waals surface area contributed by atoms with Gasteiger partial charge in [-0.2, -0.15) is 5.10 Å². The molecule has 66 valence electrons. The van der Waals surface area contributed by atoms with Crippen molar-refractivity contribution >= 4 is 0 Å². The van der Waals surface area contributed by atoms with Gasteiger partial charge >= 0.3 is 0 Å². The molecule has 0 spiro atoms. The lowest BCUT2D eigenvalue weighted by atomic mass is 10.0. The summed E-state index contributed by atoms with van der Waals surface area (Å²) in [6, 6.07) is 2.65. The third-order valence-corrected chi connectivity index (χ3v) is 2.52. The highest BCUT2D eigenvalue weighted by Crippen LogP contribution is 2.12. The highest BCUT2D eigenvalue weighted by molar-refractivity contribution is 5.03. The van der Waals surface area contributed by atoms with Crippen molar-refractivity contribution in [1.82, 2.24) is 15.1 Å². The lowest BCUT2D eigenvalue weighted by Crippen LogP contribution is -2.42. The predicted octanol–water partition coefficient (Wildman–Crippen LogP) is 1.01. The fourth-order valence-corrected chi connectivity index (χ4v) is 1.61. The Kier molecular flexibility index (Phi) is 1.89. The van der Waals surface area contributed by atoms with Gasteiger partial charge < -0.3 is 5.32 Å². The minimum Gasteiger partial charge on any atom is -0.306 e. The molecule has 3 heteroatoms. The average molecular weight is 165 g/mol. The molecule has 0 amide bonds. The Morgan fingerprint density at radius 3 is 3.25 bits per heavy atom. The molecule has 0 fully saturated rings. The molecule has 2 heterocycles. The second kappa shape index (κ2) is 2.90. The number of aromatic nitrogens is 2. The third kappa shape index (κ3) is 1.25. The van der Waals surface area contributed by atoms with Gasteiger partial charge in [0.25, 0.3) is 0 Å². The summed E-state index contributed by atoms with van der Waals surface area (Å²) in [5.41, 5.74) is 1.30. The number of nitrogens with zero attached hydrogens (tertiary/aromatic N) is 2. The van der Waals surface area contributed by atoms with Crippen LogP contribution in [-0.2, 0) is 13.1 Å². The smallest absolute Gasteiger partial charge is 0.0569 e. The summed E-state index contributed by atoms with van der Waals surface area (Å²) < 4.78 is 2.10. The van der Waals surface area contributed by atoms with E-state index in [9.17, 15) is 0 Å². The van der Waals surface area contributed by atoms with Gasteiger partial charge in [0, 0.05) is 18.8 Å². The summed E-state index contributed by atoms with van der Waals surface area (Å²) in [6.07, 6.45) is 1.87. The maximum absolute atomic E-state index is 4.27. The molecule has 0 bridgehead atoms. The standard InChI is InChI=1S/C9H15N3/c1-7(2)9-6-12-8(5-10-9)3-4-11-12/h3-4,7,9-10H,5-6H2,1-2H3/t9-/m0/s1. The van der Waals surface area contributed by atoms with E-state index >= 15 is 0 Å². The highest BCUT2D eigenvalue weighted by atomic mass is 15.3. The normalized spacial score (nSPS) is 22.8. The van der Waals surface area contributed by atoms with Gasteiger partial charge in [-0.15, -0.1) is 0 Å². The van der Waals surface area contributed by atoms with E-state index in [0.29, 0.717) is 12.0 Å². The summed E-state index contributed by atoms with van der Waals surface area (Å²) in [6.45, 7) is 6.46. The van der Waals surface area contributed by atoms with Crippen molar-refractivity contribution in [3.05, 3.63) is 18.0 Å². The van der Waals surface area contributed by atoms with Crippen LogP contribution < -0.4 is 5.32 Å². The molecule has 0 unspecified atom stereocenters. The van der Waals surface area contributed by atoms with Crippen molar-refractivity contribution in [2.75, 3.05) is 0 Å². The first-order chi connectivity index (χ1) is 5.77. The maximum Gasteiger partial charge on any atom is 0.0569 e. The van der Waals surface area contributed by atoms with Crippen LogP contribution in [0.4, 0.5) is 0 Å². The van der Waals surface area contributed by atoms with E-state index in [1.807, 2.05) is 6.20 Å². The van der Waals surface area contributed by atoms with Crippen LogP contribution >= 0.6 is 0 Å². The average Bonchev–Trinajstić information content (AvgIpc) is 2.49. The number of hydrogen-bond donors (Lipinski definition) is 1. The minimum atomic E-state index is 0.581. The fraction of sp³-hybridized carbons (Fsp3) is 0.667. The molecule has 3 nitrogen and oxygen atoms in total. The van der Waals surface area contributed by atoms with Crippen molar-refractivity contribution in [2.24, 2.45) is 5.92 Å². The molecule has 0 aromatic carbocycles. The van der Waals surface area contributed by atoms with Gasteiger partial charge in [0.2, 0.25) is 0 Å². The number of hydrogen-bond acceptors (Lipinski definition) is 2. The molecule has 1 atom stereocenters. The van der Waals surface area contributed by atoms with E-state index in [0.717, 1.165) is 13.1 Å². The van der Waals surface area contributed by atoms with E-state index in [4.69, 9.17) is 0 Å². The molecule has 1 aromatic heterocycles. The van der Waals surface area contributed by atoms with Gasteiger partial charge in [0.15, 0.2) is 0 Å². The molecule has 1 aliphatic rings. The van der Waals surface area contributed by atoms with E-state index in [2.05, 4.69) is 35.0 Å². The molecule has 1 aromatic rings. The Morgan fingerprint density at radius 2 is 2.50 bits per heavy atom. The monoisotopic (exact) mass is 165 g/mol. The zero-order chi connectivity index (χ0) is 8.55. The summed E-state index contributed by atoms with van der Waals surface area (Å²) in [5, 5.41) is 7.77. The first-order valence-electron chi connectivity index (χ1n) is 4.51. The van der Waals surface area contributed by atoms with Crippen molar-refractivity contribution < 1.29 is 0 Å². The molecule has 12 heavy (non-hydrogen) atoms. The summed E-state index contributed by atoms with van der Waals surface area (Å²) in [7, 11) is 0. The van der Waals surface area contributed by atoms with Crippen LogP contribution in [0.3, 0.4) is 0 Å². The highest BCUT2D eigenvalue weighted by Gasteiger charge is 2.19. The lowest BCUT2D eigenvalue weighted by molar-refractivity contribution is 0.302. The molecule has 1 aliphatic heterocycles. The van der Waals surface area contributed by atoms with Gasteiger partial charge in [-0.05, 0) is 12.0 Å². The van der Waals surface area contributed by atoms with Crippen LogP contribution in [-0.4, -0.2) is 15.8 Å². The van der Waals surface area contributed by atoms with Gasteiger partial charge in [-0.25, -0.2) is 0 Å². The van der Waals surface area contributed by atoms with Crippen LogP contribution in [0, 0.1) is 5.92 Å². The van der Waals surface area contributed by atoms with Gasteiger partial charge in [-0.1, -0.05) is 13.8 Å². The largest absolute Gasteiger partial charge is 0.306 e. The van der Waals surface area contributed by atoms with Crippen LogP contribution in [0.2, 0.25) is 0 Å². The van der Waals surface area contributed by atoms with Gasteiger partial charge in [0.1, 0.15) is 0 Å². The number of fused-ring (bicyclic) bond motifs is 1. The Hall–Kier alpha value is -0.830. The van der Waals surface area contributed by atoms with E-state index in [1.54, 1.807) is 0 Å². The molecule has 0 saturated heterocycles. The summed E-state index contributed by atoms with van der Waals surface area (Å²) in [5.74, 6) is 0.683. The Balaban J connectivity index is 2.15. The van der Waals surface area contributed by atoms with E-state index in [-0.39, 0.29) is 0 Å². The molecule has 1 N–H and O–H groups in total. The Bertz CT molecular complexity index is 264. The Morgan fingerprint density at radius 1 is 1.67 bits per heavy atom. The van der Waals surface area contributed by atoms with E-state index in [1.165, 1.54) is 5.69 Å². The molecule has 2 rings (SSSR count). The van der Waals surface area contributed by atoms with Crippen molar-refractivity contribution in [3.63, 3.8) is 0 Å². The maximum atomic E-state index is 4.27.